The molecule has 2 atom stereocenters. The Morgan fingerprint density at radius 2 is 2.06 bits per heavy atom. The van der Waals surface area contributed by atoms with Gasteiger partial charge in [-0.3, -0.25) is 9.69 Å². The van der Waals surface area contributed by atoms with Crippen molar-refractivity contribution < 1.29 is 15.0 Å². The van der Waals surface area contributed by atoms with Crippen LogP contribution in [0.2, 0.25) is 0 Å². The first-order chi connectivity index (χ1) is 7.57. The Hall–Kier alpha value is -0.610. The molecule has 0 aliphatic carbocycles. The van der Waals surface area contributed by atoms with Crippen molar-refractivity contribution in [1.82, 2.24) is 4.90 Å². The number of aliphatic hydroxyl groups excluding tert-OH is 1. The molecule has 1 aliphatic heterocycles. The van der Waals surface area contributed by atoms with Crippen LogP contribution in [0.4, 0.5) is 0 Å². The van der Waals surface area contributed by atoms with Crippen molar-refractivity contribution in [1.29, 1.82) is 0 Å². The molecule has 1 saturated heterocycles. The number of likely N-dealkylation sites (tertiary alicyclic amines) is 1. The van der Waals surface area contributed by atoms with Crippen molar-refractivity contribution in [2.45, 2.75) is 51.6 Å². The number of aliphatic carboxylic acids is 1. The molecule has 0 radical (unpaired) electrons. The molecule has 2 unspecified atom stereocenters. The number of hydrogen-bond acceptors (Lipinski definition) is 3. The average Bonchev–Trinajstić information content (AvgIpc) is 2.42. The zero-order valence-corrected chi connectivity index (χ0v) is 10.2. The van der Waals surface area contributed by atoms with Crippen LogP contribution >= 0.6 is 0 Å². The van der Waals surface area contributed by atoms with E-state index in [9.17, 15) is 15.0 Å². The van der Waals surface area contributed by atoms with Crippen LogP contribution in [0.5, 0.6) is 0 Å². The van der Waals surface area contributed by atoms with E-state index in [1.54, 1.807) is 0 Å². The lowest BCUT2D eigenvalue weighted by Gasteiger charge is -2.35. The molecule has 0 amide bonds. The molecule has 1 aliphatic rings. The Kier molecular flexibility index (Phi) is 5.22. The number of hydrogen-bond donors (Lipinski definition) is 2. The van der Waals surface area contributed by atoms with Crippen LogP contribution in [0, 0.1) is 5.92 Å². The van der Waals surface area contributed by atoms with Gasteiger partial charge in [0, 0.05) is 6.04 Å². The summed E-state index contributed by atoms with van der Waals surface area (Å²) in [5.41, 5.74) is 0. The lowest BCUT2D eigenvalue weighted by Crippen LogP contribution is -2.51. The smallest absolute Gasteiger partial charge is 0.321 e. The summed E-state index contributed by atoms with van der Waals surface area (Å²) in [4.78, 5) is 13.3. The maximum atomic E-state index is 11.3. The average molecular weight is 229 g/mol. The molecule has 1 heterocycles. The summed E-state index contributed by atoms with van der Waals surface area (Å²) in [5.74, 6) is -0.694. The number of rotatable bonds is 4. The van der Waals surface area contributed by atoms with Crippen molar-refractivity contribution in [3.05, 3.63) is 0 Å². The predicted molar refractivity (Wildman–Crippen MR) is 62.3 cm³/mol. The van der Waals surface area contributed by atoms with Gasteiger partial charge in [-0.1, -0.05) is 26.7 Å². The van der Waals surface area contributed by atoms with Crippen LogP contribution in [-0.4, -0.2) is 46.3 Å². The van der Waals surface area contributed by atoms with Crippen molar-refractivity contribution in [2.75, 3.05) is 13.2 Å². The molecule has 1 fully saturated rings. The number of carboxylic acid groups (broad SMARTS) is 1. The molecule has 4 nitrogen and oxygen atoms in total. The second kappa shape index (κ2) is 6.21. The van der Waals surface area contributed by atoms with Crippen LogP contribution in [0.25, 0.3) is 0 Å². The van der Waals surface area contributed by atoms with Crippen LogP contribution in [0.15, 0.2) is 0 Å². The van der Waals surface area contributed by atoms with Gasteiger partial charge in [-0.25, -0.2) is 0 Å². The van der Waals surface area contributed by atoms with Gasteiger partial charge in [0.1, 0.15) is 6.04 Å². The highest BCUT2D eigenvalue weighted by atomic mass is 16.4. The number of carbonyl (C=O) groups is 1. The Balaban J connectivity index is 2.81. The highest BCUT2D eigenvalue weighted by Crippen LogP contribution is 2.22. The summed E-state index contributed by atoms with van der Waals surface area (Å²) in [5, 5.41) is 18.6. The van der Waals surface area contributed by atoms with Gasteiger partial charge in [0.15, 0.2) is 0 Å². The second-order valence-corrected chi connectivity index (χ2v) is 4.95. The highest BCUT2D eigenvalue weighted by Gasteiger charge is 2.33. The molecule has 2 N–H and O–H groups in total. The van der Waals surface area contributed by atoms with E-state index in [0.29, 0.717) is 0 Å². The Morgan fingerprint density at radius 1 is 1.38 bits per heavy atom. The molecular weight excluding hydrogens is 206 g/mol. The molecule has 0 bridgehead atoms. The third-order valence-corrected chi connectivity index (χ3v) is 3.38. The van der Waals surface area contributed by atoms with Gasteiger partial charge in [-0.2, -0.15) is 0 Å². The molecule has 16 heavy (non-hydrogen) atoms. The summed E-state index contributed by atoms with van der Waals surface area (Å²) in [7, 11) is 0. The van der Waals surface area contributed by atoms with Gasteiger partial charge in [-0.05, 0) is 25.3 Å². The zero-order chi connectivity index (χ0) is 12.1. The Labute approximate surface area is 97.3 Å². The standard InChI is InChI=1S/C12H23NO3/c1-9(2)11(12(15)16)13-7-5-3-4-6-10(13)8-14/h9-11,14H,3-8H2,1-2H3,(H,15,16). The number of nitrogens with zero attached hydrogens (tertiary/aromatic N) is 1. The van der Waals surface area contributed by atoms with Crippen LogP contribution in [0.3, 0.4) is 0 Å². The first kappa shape index (κ1) is 13.5. The van der Waals surface area contributed by atoms with E-state index < -0.39 is 12.0 Å². The summed E-state index contributed by atoms with van der Waals surface area (Å²) in [6.07, 6.45) is 4.17. The van der Waals surface area contributed by atoms with Gasteiger partial charge >= 0.3 is 5.97 Å². The Bertz CT molecular complexity index is 230. The molecule has 0 aromatic carbocycles. The fourth-order valence-corrected chi connectivity index (χ4v) is 2.57. The largest absolute Gasteiger partial charge is 0.480 e. The van der Waals surface area contributed by atoms with Crippen LogP contribution in [0.1, 0.15) is 39.5 Å². The third-order valence-electron chi connectivity index (χ3n) is 3.38. The summed E-state index contributed by atoms with van der Waals surface area (Å²) in [6.45, 7) is 4.72. The molecule has 0 aromatic rings. The lowest BCUT2D eigenvalue weighted by atomic mass is 10.00. The predicted octanol–water partition coefficient (Wildman–Crippen LogP) is 1.33. The van der Waals surface area contributed by atoms with Crippen molar-refractivity contribution >= 4 is 5.97 Å². The van der Waals surface area contributed by atoms with Crippen molar-refractivity contribution in [3.8, 4) is 0 Å². The molecule has 0 aromatic heterocycles. The molecule has 0 saturated carbocycles. The van der Waals surface area contributed by atoms with E-state index >= 15 is 0 Å². The number of carboxylic acids is 1. The van der Waals surface area contributed by atoms with Crippen LogP contribution < -0.4 is 0 Å². The molecule has 0 spiro atoms. The van der Waals surface area contributed by atoms with Gasteiger partial charge in [0.2, 0.25) is 0 Å². The maximum Gasteiger partial charge on any atom is 0.321 e. The lowest BCUT2D eigenvalue weighted by molar-refractivity contribution is -0.146. The molecule has 94 valence electrons. The minimum Gasteiger partial charge on any atom is -0.480 e. The fourth-order valence-electron chi connectivity index (χ4n) is 2.57. The van der Waals surface area contributed by atoms with Gasteiger partial charge in [0.05, 0.1) is 6.61 Å². The van der Waals surface area contributed by atoms with E-state index in [1.807, 2.05) is 18.7 Å². The first-order valence-corrected chi connectivity index (χ1v) is 6.17. The molecule has 4 heteroatoms. The maximum absolute atomic E-state index is 11.3. The van der Waals surface area contributed by atoms with Gasteiger partial charge in [0.25, 0.3) is 0 Å². The topological polar surface area (TPSA) is 60.8 Å². The monoisotopic (exact) mass is 229 g/mol. The second-order valence-electron chi connectivity index (χ2n) is 4.95. The molecule has 1 rings (SSSR count). The van der Waals surface area contributed by atoms with E-state index in [1.165, 1.54) is 0 Å². The normalized spacial score (nSPS) is 25.4. The highest BCUT2D eigenvalue weighted by molar-refractivity contribution is 5.73. The van der Waals surface area contributed by atoms with Gasteiger partial charge < -0.3 is 10.2 Å². The summed E-state index contributed by atoms with van der Waals surface area (Å²) >= 11 is 0. The van der Waals surface area contributed by atoms with E-state index in [2.05, 4.69) is 0 Å². The third kappa shape index (κ3) is 3.19. The molecular formula is C12H23NO3. The zero-order valence-electron chi connectivity index (χ0n) is 10.2. The van der Waals surface area contributed by atoms with E-state index in [0.717, 1.165) is 32.2 Å². The minimum atomic E-state index is -0.768. The summed E-state index contributed by atoms with van der Waals surface area (Å²) < 4.78 is 0. The fraction of sp³-hybridized carbons (Fsp3) is 0.917. The number of aliphatic hydroxyl groups is 1. The SMILES string of the molecule is CC(C)C(C(=O)O)N1CCCCCC1CO. The summed E-state index contributed by atoms with van der Waals surface area (Å²) in [6, 6.07) is -0.443. The quantitative estimate of drug-likeness (QED) is 0.763. The van der Waals surface area contributed by atoms with Crippen LogP contribution in [-0.2, 0) is 4.79 Å². The Morgan fingerprint density at radius 3 is 2.56 bits per heavy atom. The van der Waals surface area contributed by atoms with E-state index in [4.69, 9.17) is 0 Å². The van der Waals surface area contributed by atoms with Crippen molar-refractivity contribution in [3.63, 3.8) is 0 Å². The van der Waals surface area contributed by atoms with Gasteiger partial charge in [-0.15, -0.1) is 0 Å². The van der Waals surface area contributed by atoms with Crippen molar-refractivity contribution in [2.24, 2.45) is 5.92 Å². The minimum absolute atomic E-state index is 0.0194. The van der Waals surface area contributed by atoms with E-state index in [-0.39, 0.29) is 18.6 Å². The first-order valence-electron chi connectivity index (χ1n) is 6.17.